The van der Waals surface area contributed by atoms with E-state index in [1.807, 2.05) is 19.9 Å². The van der Waals surface area contributed by atoms with Crippen LogP contribution in [0, 0.1) is 0 Å². The number of nitrogens with two attached hydrogens (primary N) is 1. The first-order valence-electron chi connectivity index (χ1n) is 7.62. The lowest BCUT2D eigenvalue weighted by atomic mass is 9.95. The number of ether oxygens (including phenoxy) is 2. The van der Waals surface area contributed by atoms with E-state index in [1.165, 1.54) is 11.1 Å². The molecule has 5 heteroatoms. The quantitative estimate of drug-likeness (QED) is 0.533. The Balaban J connectivity index is 0.000000260. The number of rotatable bonds is 5. The van der Waals surface area contributed by atoms with Gasteiger partial charge in [0.1, 0.15) is 5.75 Å². The number of nitrogen functional groups attached to an aromatic ring is 1. The fraction of sp³-hybridized carbons (Fsp3) is 0.278. The first-order valence-corrected chi connectivity index (χ1v) is 8.03. The van der Waals surface area contributed by atoms with Crippen molar-refractivity contribution in [2.45, 2.75) is 20.8 Å². The summed E-state index contributed by atoms with van der Waals surface area (Å²) in [5.74, 6) is 1.31. The third kappa shape index (κ3) is 4.36. The van der Waals surface area contributed by atoms with Crippen molar-refractivity contribution in [1.82, 2.24) is 0 Å². The number of benzene rings is 2. The third-order valence-corrected chi connectivity index (χ3v) is 3.32. The fourth-order valence-corrected chi connectivity index (χ4v) is 2.23. The van der Waals surface area contributed by atoms with Crippen molar-refractivity contribution < 1.29 is 9.47 Å². The molecule has 0 aromatic heterocycles. The summed E-state index contributed by atoms with van der Waals surface area (Å²) in [7, 11) is 0. The van der Waals surface area contributed by atoms with Crippen LogP contribution in [0.25, 0.3) is 11.1 Å². The van der Waals surface area contributed by atoms with Gasteiger partial charge in [-0.25, -0.2) is 0 Å². The van der Waals surface area contributed by atoms with Crippen molar-refractivity contribution in [2.24, 2.45) is 0 Å². The maximum absolute atomic E-state index is 5.93. The Kier molecular flexibility index (Phi) is 5.82. The summed E-state index contributed by atoms with van der Waals surface area (Å²) < 4.78 is 10.9. The zero-order valence-electron chi connectivity index (χ0n) is 13.7. The third-order valence-electron chi connectivity index (χ3n) is 3.22. The number of nitrogens with one attached hydrogen (secondary N) is 1. The summed E-state index contributed by atoms with van der Waals surface area (Å²) in [6.45, 7) is 6.76. The summed E-state index contributed by atoms with van der Waals surface area (Å²) in [6, 6.07) is 12.1. The second kappa shape index (κ2) is 7.83. The van der Waals surface area contributed by atoms with Gasteiger partial charge in [-0.15, -0.1) is 0 Å². The van der Waals surface area contributed by atoms with Crippen LogP contribution < -0.4 is 20.5 Å². The maximum Gasteiger partial charge on any atom is 0.165 e. The molecular formula is C18H22N2O2S. The van der Waals surface area contributed by atoms with E-state index < -0.39 is 0 Å². The summed E-state index contributed by atoms with van der Waals surface area (Å²) in [4.78, 5) is 0.652. The molecule has 0 saturated heterocycles. The lowest BCUT2D eigenvalue weighted by molar-refractivity contribution is 0.333. The molecule has 1 aromatic carbocycles. The molecule has 0 spiro atoms. The Bertz CT molecular complexity index is 663. The Hall–Kier alpha value is -2.27. The molecule has 2 aliphatic carbocycles. The van der Waals surface area contributed by atoms with E-state index in [0.29, 0.717) is 35.4 Å². The monoisotopic (exact) mass is 330 g/mol. The van der Waals surface area contributed by atoms with Crippen molar-refractivity contribution in [1.29, 1.82) is 0 Å². The van der Waals surface area contributed by atoms with Crippen LogP contribution in [0.3, 0.4) is 0 Å². The normalized spacial score (nSPS) is 10.2. The van der Waals surface area contributed by atoms with Crippen molar-refractivity contribution in [3.63, 3.8) is 0 Å². The average Bonchev–Trinajstić information content (AvgIpc) is 2.47. The zero-order chi connectivity index (χ0) is 16.8. The van der Waals surface area contributed by atoms with Gasteiger partial charge in [0.2, 0.25) is 0 Å². The molecule has 0 radical (unpaired) electrons. The molecule has 0 saturated carbocycles. The average molecular weight is 330 g/mol. The standard InChI is InChI=1S/C12H18N2O2S.C6H4/c1-4-15-9-6-10(13)12(16-5-2)11(7-9)14-8(3)17;1-2-6-4-3-5(1)6/h6-7H,4-5,13H2,1-3H3,(H,14,17);1-4H. The van der Waals surface area contributed by atoms with Gasteiger partial charge in [-0.3, -0.25) is 0 Å². The molecule has 0 fully saturated rings. The Morgan fingerprint density at radius 2 is 1.61 bits per heavy atom. The molecule has 23 heavy (non-hydrogen) atoms. The Morgan fingerprint density at radius 3 is 2.00 bits per heavy atom. The van der Waals surface area contributed by atoms with Gasteiger partial charge in [-0.1, -0.05) is 36.5 Å². The van der Waals surface area contributed by atoms with Gasteiger partial charge in [-0.05, 0) is 31.9 Å². The van der Waals surface area contributed by atoms with Gasteiger partial charge in [0.05, 0.1) is 29.6 Å². The van der Waals surface area contributed by atoms with Crippen LogP contribution in [0.2, 0.25) is 0 Å². The van der Waals surface area contributed by atoms with E-state index in [0.717, 1.165) is 5.69 Å². The molecule has 122 valence electrons. The van der Waals surface area contributed by atoms with E-state index in [1.54, 1.807) is 13.0 Å². The number of hydrogen-bond donors (Lipinski definition) is 2. The van der Waals surface area contributed by atoms with Gasteiger partial charge in [0.15, 0.2) is 5.75 Å². The second-order valence-corrected chi connectivity index (χ2v) is 5.63. The van der Waals surface area contributed by atoms with Crippen molar-refractivity contribution >= 4 is 28.6 Å². The highest BCUT2D eigenvalue weighted by Crippen LogP contribution is 2.36. The SMILES string of the molecule is CCOc1cc(N)c(OCC)c(NC(C)=S)c1.c1cc2ccc1-2. The van der Waals surface area contributed by atoms with Crippen LogP contribution in [0.5, 0.6) is 11.5 Å². The summed E-state index contributed by atoms with van der Waals surface area (Å²) in [6.07, 6.45) is 0. The fourth-order valence-electron chi connectivity index (χ4n) is 2.12. The van der Waals surface area contributed by atoms with Crippen molar-refractivity contribution in [3.8, 4) is 22.6 Å². The smallest absolute Gasteiger partial charge is 0.165 e. The first kappa shape index (κ1) is 17.1. The predicted octanol–water partition coefficient (Wildman–Crippen LogP) is 4.49. The molecule has 0 bridgehead atoms. The van der Waals surface area contributed by atoms with Gasteiger partial charge in [-0.2, -0.15) is 0 Å². The number of anilines is 2. The van der Waals surface area contributed by atoms with E-state index in [-0.39, 0.29) is 0 Å². The molecule has 0 unspecified atom stereocenters. The van der Waals surface area contributed by atoms with E-state index in [2.05, 4.69) is 29.6 Å². The van der Waals surface area contributed by atoms with Crippen LogP contribution in [-0.2, 0) is 0 Å². The number of hydrogen-bond acceptors (Lipinski definition) is 4. The summed E-state index contributed by atoms with van der Waals surface area (Å²) in [5, 5.41) is 3.04. The second-order valence-electron chi connectivity index (χ2n) is 5.01. The minimum atomic E-state index is 0.538. The van der Waals surface area contributed by atoms with Crippen molar-refractivity contribution in [3.05, 3.63) is 36.4 Å². The molecule has 0 amide bonds. The van der Waals surface area contributed by atoms with Crippen LogP contribution in [0.15, 0.2) is 36.4 Å². The lowest BCUT2D eigenvalue weighted by Crippen LogP contribution is -2.08. The molecule has 3 N–H and O–H groups in total. The van der Waals surface area contributed by atoms with Crippen LogP contribution in [0.1, 0.15) is 20.8 Å². The number of thiocarbonyl (C=S) groups is 1. The highest BCUT2D eigenvalue weighted by molar-refractivity contribution is 7.80. The zero-order valence-corrected chi connectivity index (χ0v) is 14.5. The lowest BCUT2D eigenvalue weighted by Gasteiger charge is -2.15. The van der Waals surface area contributed by atoms with Gasteiger partial charge < -0.3 is 20.5 Å². The van der Waals surface area contributed by atoms with E-state index in [9.17, 15) is 0 Å². The molecule has 4 nitrogen and oxygen atoms in total. The minimum absolute atomic E-state index is 0.538. The molecule has 1 aromatic rings. The topological polar surface area (TPSA) is 56.5 Å². The molecule has 0 aliphatic heterocycles. The highest BCUT2D eigenvalue weighted by Gasteiger charge is 2.11. The molecule has 0 atom stereocenters. The van der Waals surface area contributed by atoms with Crippen LogP contribution in [0.4, 0.5) is 11.4 Å². The van der Waals surface area contributed by atoms with Gasteiger partial charge in [0.25, 0.3) is 0 Å². The Labute approximate surface area is 142 Å². The largest absolute Gasteiger partial charge is 0.494 e. The summed E-state index contributed by atoms with van der Waals surface area (Å²) >= 11 is 5.02. The van der Waals surface area contributed by atoms with E-state index >= 15 is 0 Å². The maximum atomic E-state index is 5.93. The highest BCUT2D eigenvalue weighted by atomic mass is 32.1. The molecule has 2 aliphatic rings. The minimum Gasteiger partial charge on any atom is -0.494 e. The number of fused-ring (bicyclic) bond motifs is 1. The Morgan fingerprint density at radius 1 is 1.04 bits per heavy atom. The molecular weight excluding hydrogens is 308 g/mol. The van der Waals surface area contributed by atoms with E-state index in [4.69, 9.17) is 27.4 Å². The van der Waals surface area contributed by atoms with Crippen LogP contribution >= 0.6 is 12.2 Å². The van der Waals surface area contributed by atoms with Crippen molar-refractivity contribution in [2.75, 3.05) is 24.3 Å². The van der Waals surface area contributed by atoms with Gasteiger partial charge in [0, 0.05) is 12.1 Å². The first-order chi connectivity index (χ1) is 11.0. The molecule has 3 rings (SSSR count). The van der Waals surface area contributed by atoms with Crippen LogP contribution in [-0.4, -0.2) is 18.2 Å². The predicted molar refractivity (Wildman–Crippen MR) is 101 cm³/mol. The molecule has 0 heterocycles. The van der Waals surface area contributed by atoms with Gasteiger partial charge >= 0.3 is 0 Å². The summed E-state index contributed by atoms with van der Waals surface area (Å²) in [5.41, 5.74) is 10.1.